The van der Waals surface area contributed by atoms with Crippen LogP contribution >= 0.6 is 23.2 Å². The number of aryl methyl sites for hydroxylation is 4. The summed E-state index contributed by atoms with van der Waals surface area (Å²) in [4.78, 5) is 53.3. The van der Waals surface area contributed by atoms with Crippen molar-refractivity contribution < 1.29 is 38.9 Å². The van der Waals surface area contributed by atoms with Crippen molar-refractivity contribution in [3.8, 4) is 11.5 Å². The summed E-state index contributed by atoms with van der Waals surface area (Å²) in [5, 5.41) is 48.7. The van der Waals surface area contributed by atoms with Crippen molar-refractivity contribution >= 4 is 103 Å². The van der Waals surface area contributed by atoms with Crippen molar-refractivity contribution in [3.63, 3.8) is 0 Å². The number of ether oxygens (including phenoxy) is 2. The number of esters is 2. The van der Waals surface area contributed by atoms with Gasteiger partial charge in [-0.3, -0.25) is 9.59 Å². The molecule has 0 saturated carbocycles. The van der Waals surface area contributed by atoms with Gasteiger partial charge in [0.15, 0.2) is 11.5 Å². The van der Waals surface area contributed by atoms with Crippen LogP contribution in [-0.4, -0.2) is 58.9 Å². The first kappa shape index (κ1) is 46.3. The molecule has 0 spiro atoms. The summed E-state index contributed by atoms with van der Waals surface area (Å²) in [5.41, 5.74) is 4.15. The van der Waals surface area contributed by atoms with E-state index in [-0.39, 0.29) is 64.3 Å². The van der Waals surface area contributed by atoms with Gasteiger partial charge in [0, 0.05) is 22.1 Å². The van der Waals surface area contributed by atoms with Crippen LogP contribution in [0.3, 0.4) is 0 Å². The summed E-state index contributed by atoms with van der Waals surface area (Å²) in [5.74, 6) is -3.07. The molecule has 0 unspecified atom stereocenters. The minimum absolute atomic E-state index is 0.00606. The van der Waals surface area contributed by atoms with Crippen LogP contribution in [0.4, 0.5) is 34.1 Å². The lowest BCUT2D eigenvalue weighted by molar-refractivity contribution is 0.0520. The highest BCUT2D eigenvalue weighted by atomic mass is 35.5. The average Bonchev–Trinajstić information content (AvgIpc) is 3.31. The van der Waals surface area contributed by atoms with Gasteiger partial charge in [-0.2, -0.15) is 5.11 Å². The Kier molecular flexibility index (Phi) is 14.3. The molecule has 7 aromatic carbocycles. The van der Waals surface area contributed by atoms with E-state index < -0.39 is 35.3 Å². The number of anilines is 2. The summed E-state index contributed by atoms with van der Waals surface area (Å²) in [6.45, 7) is 7.08. The second kappa shape index (κ2) is 20.4. The maximum Gasteiger partial charge on any atom is 0.340 e. The van der Waals surface area contributed by atoms with Crippen LogP contribution in [-0.2, 0) is 9.47 Å². The molecule has 334 valence electrons. The number of azo groups is 2. The lowest BCUT2D eigenvalue weighted by Crippen LogP contribution is -2.15. The molecule has 0 aliphatic heterocycles. The molecule has 66 heavy (non-hydrogen) atoms. The highest BCUT2D eigenvalue weighted by Crippen LogP contribution is 2.42. The maximum atomic E-state index is 14.0. The highest BCUT2D eigenvalue weighted by molar-refractivity contribution is 6.18. The molecule has 0 saturated heterocycles. The van der Waals surface area contributed by atoms with Gasteiger partial charge in [0.1, 0.15) is 30.3 Å². The Labute approximate surface area is 388 Å². The molecule has 14 nitrogen and oxygen atoms in total. The minimum atomic E-state index is -0.647. The Morgan fingerprint density at radius 3 is 1.56 bits per heavy atom. The van der Waals surface area contributed by atoms with Gasteiger partial charge < -0.3 is 30.3 Å². The molecular formula is C50H42Cl2N6O8. The first-order valence-electron chi connectivity index (χ1n) is 20.5. The van der Waals surface area contributed by atoms with Gasteiger partial charge in [0.2, 0.25) is 0 Å². The standard InChI is InChI=1S/C50H42Cl2N6O8/c1-27-16-17-33(49(63)65-20-18-51)26-41(27)55-57-43-34-13-7-5-11-31(34)24-37(45(43)59)47(61)53-39-22-30(4)40(23-29(39)3)54-48(62)38-25-32-12-6-8-14-35(32)44(46(38)60)58-56-42-28(2)10-9-15-36(42)50(64)66-21-19-52/h5-17,22-26,59-60H,18-21H2,1-4H3,(H,53,61)(H,54,62). The molecule has 0 aliphatic rings. The van der Waals surface area contributed by atoms with Gasteiger partial charge in [-0.15, -0.1) is 38.5 Å². The van der Waals surface area contributed by atoms with E-state index in [0.717, 1.165) is 0 Å². The third-order valence-corrected chi connectivity index (χ3v) is 10.9. The molecule has 0 aromatic heterocycles. The Hall–Kier alpha value is -7.68. The Morgan fingerprint density at radius 1 is 0.515 bits per heavy atom. The zero-order valence-corrected chi connectivity index (χ0v) is 37.6. The molecule has 0 bridgehead atoms. The molecule has 7 aromatic rings. The van der Waals surface area contributed by atoms with Crippen molar-refractivity contribution in [3.05, 3.63) is 154 Å². The number of rotatable bonds is 14. The Morgan fingerprint density at radius 2 is 1.02 bits per heavy atom. The van der Waals surface area contributed by atoms with Crippen molar-refractivity contribution in [2.45, 2.75) is 27.7 Å². The maximum absolute atomic E-state index is 14.0. The monoisotopic (exact) mass is 924 g/mol. The number of amides is 2. The lowest BCUT2D eigenvalue weighted by atomic mass is 10.0. The zero-order valence-electron chi connectivity index (χ0n) is 36.1. The normalized spacial score (nSPS) is 11.4. The van der Waals surface area contributed by atoms with Crippen LogP contribution in [0.2, 0.25) is 0 Å². The van der Waals surface area contributed by atoms with Crippen LogP contribution < -0.4 is 10.6 Å². The van der Waals surface area contributed by atoms with Crippen LogP contribution in [0.25, 0.3) is 21.5 Å². The second-order valence-corrected chi connectivity index (χ2v) is 15.9. The number of nitrogens with one attached hydrogen (secondary N) is 2. The van der Waals surface area contributed by atoms with Crippen molar-refractivity contribution in [1.82, 2.24) is 0 Å². The van der Waals surface area contributed by atoms with Gasteiger partial charge >= 0.3 is 11.9 Å². The number of alkyl halides is 2. The molecule has 0 fully saturated rings. The van der Waals surface area contributed by atoms with Crippen molar-refractivity contribution in [1.29, 1.82) is 0 Å². The van der Waals surface area contributed by atoms with E-state index in [0.29, 0.717) is 60.9 Å². The van der Waals surface area contributed by atoms with Crippen molar-refractivity contribution in [2.75, 3.05) is 35.6 Å². The molecule has 0 radical (unpaired) electrons. The largest absolute Gasteiger partial charge is 0.505 e. The van der Waals surface area contributed by atoms with Crippen LogP contribution in [0, 0.1) is 27.7 Å². The highest BCUT2D eigenvalue weighted by Gasteiger charge is 2.23. The fraction of sp³-hybridized carbons (Fsp3) is 0.160. The summed E-state index contributed by atoms with van der Waals surface area (Å²) in [6.07, 6.45) is 0. The molecule has 4 N–H and O–H groups in total. The smallest absolute Gasteiger partial charge is 0.340 e. The third-order valence-electron chi connectivity index (χ3n) is 10.6. The molecule has 2 amide bonds. The molecular weight excluding hydrogens is 883 g/mol. The van der Waals surface area contributed by atoms with Gasteiger partial charge in [-0.25, -0.2) is 9.59 Å². The van der Waals surface area contributed by atoms with E-state index >= 15 is 0 Å². The van der Waals surface area contributed by atoms with Gasteiger partial charge in [-0.05, 0) is 103 Å². The van der Waals surface area contributed by atoms with Crippen LogP contribution in [0.1, 0.15) is 63.7 Å². The number of aromatic hydroxyl groups is 2. The third kappa shape index (κ3) is 9.99. The fourth-order valence-electron chi connectivity index (χ4n) is 7.08. The second-order valence-electron chi connectivity index (χ2n) is 15.1. The predicted octanol–water partition coefficient (Wildman–Crippen LogP) is 12.8. The molecule has 0 heterocycles. The van der Waals surface area contributed by atoms with Crippen LogP contribution in [0.15, 0.2) is 130 Å². The van der Waals surface area contributed by atoms with E-state index in [9.17, 15) is 29.4 Å². The minimum Gasteiger partial charge on any atom is -0.505 e. The fourth-order valence-corrected chi connectivity index (χ4v) is 7.23. The predicted molar refractivity (Wildman–Crippen MR) is 256 cm³/mol. The number of hydrogen-bond acceptors (Lipinski definition) is 12. The molecule has 0 atom stereocenters. The van der Waals surface area contributed by atoms with Gasteiger partial charge in [-0.1, -0.05) is 66.7 Å². The number of benzene rings is 7. The number of carbonyl (C=O) groups excluding carboxylic acids is 4. The van der Waals surface area contributed by atoms with Gasteiger partial charge in [0.25, 0.3) is 11.8 Å². The van der Waals surface area contributed by atoms with E-state index in [4.69, 9.17) is 32.7 Å². The SMILES string of the molecule is Cc1ccc(C(=O)OCCCl)cc1N=Nc1c(O)c(C(=O)Nc2cc(C)c(NC(=O)c3cc4ccccc4c(N=Nc4c(C)cccc4C(=O)OCCCl)c3O)cc2C)cc2ccccc12. The summed E-state index contributed by atoms with van der Waals surface area (Å²) < 4.78 is 10.4. The summed E-state index contributed by atoms with van der Waals surface area (Å²) >= 11 is 11.4. The molecule has 0 aliphatic carbocycles. The van der Waals surface area contributed by atoms with E-state index in [1.165, 1.54) is 6.07 Å². The number of phenols is 2. The first-order chi connectivity index (χ1) is 31.8. The van der Waals surface area contributed by atoms with Gasteiger partial charge in [0.05, 0.1) is 39.7 Å². The Bertz CT molecular complexity index is 3140. The number of carbonyl (C=O) groups is 4. The number of fused-ring (bicyclic) bond motifs is 2. The summed E-state index contributed by atoms with van der Waals surface area (Å²) in [7, 11) is 0. The van der Waals surface area contributed by atoms with Crippen molar-refractivity contribution in [2.24, 2.45) is 20.5 Å². The van der Waals surface area contributed by atoms with E-state index in [1.807, 2.05) is 0 Å². The van der Waals surface area contributed by atoms with E-state index in [2.05, 4.69) is 31.1 Å². The number of nitrogens with zero attached hydrogens (tertiary/aromatic N) is 4. The Balaban J connectivity index is 1.15. The van der Waals surface area contributed by atoms with Crippen LogP contribution in [0.5, 0.6) is 11.5 Å². The number of halogens is 2. The zero-order chi connectivity index (χ0) is 47.1. The molecule has 16 heteroatoms. The summed E-state index contributed by atoms with van der Waals surface area (Å²) in [6, 6.07) is 30.4. The average molecular weight is 926 g/mol. The van der Waals surface area contributed by atoms with E-state index in [1.54, 1.807) is 131 Å². The number of hydrogen-bond donors (Lipinski definition) is 4. The molecule has 7 rings (SSSR count). The number of phenolic OH excluding ortho intramolecular Hbond substituents is 2. The quantitative estimate of drug-likeness (QED) is 0.0469. The lowest BCUT2D eigenvalue weighted by Gasteiger charge is -2.16. The first-order valence-corrected chi connectivity index (χ1v) is 21.6. The topological polar surface area (TPSA) is 201 Å².